The first-order valence-electron chi connectivity index (χ1n) is 9.38. The summed E-state index contributed by atoms with van der Waals surface area (Å²) >= 11 is 0. The van der Waals surface area contributed by atoms with Crippen LogP contribution in [0.1, 0.15) is 12.0 Å². The summed E-state index contributed by atoms with van der Waals surface area (Å²) in [6.45, 7) is 1.15. The average molecular weight is 498 g/mol. The molecule has 0 N–H and O–H groups in total. The van der Waals surface area contributed by atoms with E-state index in [1.165, 1.54) is 12.1 Å². The van der Waals surface area contributed by atoms with Gasteiger partial charge in [-0.1, -0.05) is 17.7 Å². The van der Waals surface area contributed by atoms with E-state index in [2.05, 4.69) is 4.74 Å². The molecule has 0 unspecified atom stereocenters. The number of rotatable bonds is 12. The lowest BCUT2D eigenvalue weighted by Gasteiger charge is -2.09. The summed E-state index contributed by atoms with van der Waals surface area (Å²) in [7, 11) is -3.91. The molecular formula is C20H19F5O7S. The van der Waals surface area contributed by atoms with Crippen molar-refractivity contribution in [3.05, 3.63) is 58.9 Å². The van der Waals surface area contributed by atoms with Crippen LogP contribution in [-0.4, -0.2) is 47.4 Å². The van der Waals surface area contributed by atoms with E-state index in [-0.39, 0.29) is 37.9 Å². The summed E-state index contributed by atoms with van der Waals surface area (Å²) < 4.78 is 109. The lowest BCUT2D eigenvalue weighted by atomic mass is 10.2. The summed E-state index contributed by atoms with van der Waals surface area (Å²) in [4.78, 5) is 11.6. The van der Waals surface area contributed by atoms with E-state index < -0.39 is 57.3 Å². The Kier molecular flexibility index (Phi) is 9.70. The maximum atomic E-state index is 13.4. The van der Waals surface area contributed by atoms with Crippen molar-refractivity contribution in [2.24, 2.45) is 0 Å². The lowest BCUT2D eigenvalue weighted by molar-refractivity contribution is -0.136. The highest BCUT2D eigenvalue weighted by Gasteiger charge is 2.28. The van der Waals surface area contributed by atoms with Crippen LogP contribution in [0.25, 0.3) is 0 Å². The molecule has 0 bridgehead atoms. The van der Waals surface area contributed by atoms with E-state index in [1.807, 2.05) is 6.92 Å². The minimum absolute atomic E-state index is 0.000623. The van der Waals surface area contributed by atoms with E-state index in [9.17, 15) is 35.2 Å². The SMILES string of the molecule is Cc1ccc(S(=O)(=O)OCCOCCOCCC(=O)Oc2c(F)c(F)c(F)c(F)c2F)cc1. The van der Waals surface area contributed by atoms with Gasteiger partial charge in [0.25, 0.3) is 10.1 Å². The highest BCUT2D eigenvalue weighted by Crippen LogP contribution is 2.29. The largest absolute Gasteiger partial charge is 0.420 e. The molecule has 0 saturated heterocycles. The van der Waals surface area contributed by atoms with Gasteiger partial charge in [0.1, 0.15) is 0 Å². The normalized spacial score (nSPS) is 11.6. The third-order valence-electron chi connectivity index (χ3n) is 3.98. The summed E-state index contributed by atoms with van der Waals surface area (Å²) in [5.74, 6) is -14.3. The van der Waals surface area contributed by atoms with Gasteiger partial charge in [0.2, 0.25) is 34.8 Å². The van der Waals surface area contributed by atoms with Gasteiger partial charge in [0, 0.05) is 0 Å². The van der Waals surface area contributed by atoms with Gasteiger partial charge >= 0.3 is 5.97 Å². The summed E-state index contributed by atoms with van der Waals surface area (Å²) in [6.07, 6.45) is -0.544. The van der Waals surface area contributed by atoms with Crippen LogP contribution in [0.5, 0.6) is 5.75 Å². The first-order valence-corrected chi connectivity index (χ1v) is 10.8. The van der Waals surface area contributed by atoms with Crippen molar-refractivity contribution in [1.29, 1.82) is 0 Å². The Labute approximate surface area is 186 Å². The van der Waals surface area contributed by atoms with Crippen LogP contribution in [0.2, 0.25) is 0 Å². The Morgan fingerprint density at radius 3 is 1.82 bits per heavy atom. The molecule has 0 amide bonds. The Morgan fingerprint density at radius 2 is 1.24 bits per heavy atom. The maximum Gasteiger partial charge on any atom is 0.313 e. The second-order valence-corrected chi connectivity index (χ2v) is 8.05. The zero-order chi connectivity index (χ0) is 24.6. The smallest absolute Gasteiger partial charge is 0.313 e. The van der Waals surface area contributed by atoms with Crippen LogP contribution < -0.4 is 4.74 Å². The Bertz CT molecular complexity index is 1050. The second-order valence-electron chi connectivity index (χ2n) is 6.44. The minimum atomic E-state index is -3.91. The molecule has 0 fully saturated rings. The molecule has 0 aliphatic heterocycles. The van der Waals surface area contributed by atoms with Crippen molar-refractivity contribution < 1.29 is 53.6 Å². The minimum Gasteiger partial charge on any atom is -0.420 e. The Hall–Kier alpha value is -2.61. The molecule has 7 nitrogen and oxygen atoms in total. The van der Waals surface area contributed by atoms with Crippen molar-refractivity contribution in [3.8, 4) is 5.75 Å². The summed E-state index contributed by atoms with van der Waals surface area (Å²) in [5.41, 5.74) is 0.892. The van der Waals surface area contributed by atoms with Crippen molar-refractivity contribution >= 4 is 16.1 Å². The number of benzene rings is 2. The van der Waals surface area contributed by atoms with Gasteiger partial charge < -0.3 is 14.2 Å². The van der Waals surface area contributed by atoms with Crippen molar-refractivity contribution in [2.45, 2.75) is 18.2 Å². The summed E-state index contributed by atoms with van der Waals surface area (Å²) in [5, 5.41) is 0. The molecule has 0 saturated carbocycles. The molecule has 2 aromatic rings. The van der Waals surface area contributed by atoms with Gasteiger partial charge in [0.15, 0.2) is 0 Å². The number of hydrogen-bond acceptors (Lipinski definition) is 7. The van der Waals surface area contributed by atoms with E-state index in [1.54, 1.807) is 12.1 Å². The number of hydrogen-bond donors (Lipinski definition) is 0. The van der Waals surface area contributed by atoms with E-state index in [0.29, 0.717) is 0 Å². The molecule has 0 aromatic heterocycles. The van der Waals surface area contributed by atoms with Crippen LogP contribution in [-0.2, 0) is 28.6 Å². The van der Waals surface area contributed by atoms with Gasteiger partial charge in [0.05, 0.1) is 44.4 Å². The number of ether oxygens (including phenoxy) is 3. The quantitative estimate of drug-likeness (QED) is 0.0843. The molecule has 2 rings (SSSR count). The first-order chi connectivity index (χ1) is 15.5. The van der Waals surface area contributed by atoms with Crippen LogP contribution in [0.15, 0.2) is 29.2 Å². The number of halogens is 5. The molecular weight excluding hydrogens is 479 g/mol. The standard InChI is InChI=1S/C20H19F5O7S/c1-12-2-4-13(5-3-12)33(27,28)31-11-10-30-9-8-29-7-6-14(26)32-20-18(24)16(22)15(21)17(23)19(20)25/h2-5H,6-11H2,1H3. The van der Waals surface area contributed by atoms with Gasteiger partial charge in [-0.2, -0.15) is 17.2 Å². The molecule has 0 aliphatic carbocycles. The number of carbonyl (C=O) groups is 1. The monoisotopic (exact) mass is 498 g/mol. The predicted molar refractivity (Wildman–Crippen MR) is 102 cm³/mol. The van der Waals surface area contributed by atoms with E-state index >= 15 is 0 Å². The molecule has 0 heterocycles. The lowest BCUT2D eigenvalue weighted by Crippen LogP contribution is -2.16. The zero-order valence-electron chi connectivity index (χ0n) is 17.2. The van der Waals surface area contributed by atoms with Crippen molar-refractivity contribution in [1.82, 2.24) is 0 Å². The fourth-order valence-corrected chi connectivity index (χ4v) is 3.19. The van der Waals surface area contributed by atoms with Crippen LogP contribution in [0, 0.1) is 36.0 Å². The molecule has 2 aromatic carbocycles. The van der Waals surface area contributed by atoms with Crippen LogP contribution in [0.3, 0.4) is 0 Å². The van der Waals surface area contributed by atoms with Gasteiger partial charge in [-0.05, 0) is 19.1 Å². The third kappa shape index (κ3) is 7.45. The van der Waals surface area contributed by atoms with Gasteiger partial charge in [-0.25, -0.2) is 13.2 Å². The molecule has 0 atom stereocenters. The van der Waals surface area contributed by atoms with Crippen LogP contribution >= 0.6 is 0 Å². The molecule has 0 radical (unpaired) electrons. The van der Waals surface area contributed by atoms with Crippen molar-refractivity contribution in [3.63, 3.8) is 0 Å². The Balaban J connectivity index is 1.62. The fourth-order valence-electron chi connectivity index (χ4n) is 2.29. The van der Waals surface area contributed by atoms with Crippen molar-refractivity contribution in [2.75, 3.05) is 33.0 Å². The van der Waals surface area contributed by atoms with Gasteiger partial charge in [-0.15, -0.1) is 0 Å². The number of carbonyl (C=O) groups excluding carboxylic acids is 1. The topological polar surface area (TPSA) is 88.1 Å². The number of esters is 1. The zero-order valence-corrected chi connectivity index (χ0v) is 18.0. The first kappa shape index (κ1) is 26.6. The molecule has 0 spiro atoms. The molecule has 33 heavy (non-hydrogen) atoms. The summed E-state index contributed by atoms with van der Waals surface area (Å²) in [6, 6.07) is 6.08. The predicted octanol–water partition coefficient (Wildman–Crippen LogP) is 3.42. The molecule has 0 aliphatic rings. The fraction of sp³-hybridized carbons (Fsp3) is 0.350. The maximum absolute atomic E-state index is 13.4. The third-order valence-corrected chi connectivity index (χ3v) is 5.31. The average Bonchev–Trinajstić information content (AvgIpc) is 2.78. The highest BCUT2D eigenvalue weighted by atomic mass is 32.2. The van der Waals surface area contributed by atoms with E-state index in [4.69, 9.17) is 13.7 Å². The molecule has 182 valence electrons. The number of aryl methyl sites for hydroxylation is 1. The van der Waals surface area contributed by atoms with E-state index in [0.717, 1.165) is 5.56 Å². The highest BCUT2D eigenvalue weighted by molar-refractivity contribution is 7.86. The van der Waals surface area contributed by atoms with Gasteiger partial charge in [-0.3, -0.25) is 8.98 Å². The Morgan fingerprint density at radius 1 is 0.758 bits per heavy atom. The molecule has 13 heteroatoms. The van der Waals surface area contributed by atoms with Crippen LogP contribution in [0.4, 0.5) is 22.0 Å². The second kappa shape index (κ2) is 12.0.